The van der Waals surface area contributed by atoms with E-state index in [0.717, 1.165) is 23.5 Å². The van der Waals surface area contributed by atoms with Gasteiger partial charge in [0.05, 0.1) is 16.1 Å². The van der Waals surface area contributed by atoms with Gasteiger partial charge in [0.1, 0.15) is 6.54 Å². The number of amides is 4. The summed E-state index contributed by atoms with van der Waals surface area (Å²) in [7, 11) is 0. The third-order valence-corrected chi connectivity index (χ3v) is 4.91. The molecule has 2 aliphatic heterocycles. The molecule has 0 radical (unpaired) electrons. The van der Waals surface area contributed by atoms with Crippen LogP contribution in [0.3, 0.4) is 0 Å². The van der Waals surface area contributed by atoms with E-state index in [1.165, 1.54) is 11.0 Å². The first-order chi connectivity index (χ1) is 13.3. The minimum Gasteiger partial charge on any atom is -0.339 e. The summed E-state index contributed by atoms with van der Waals surface area (Å²) in [4.78, 5) is 63.6. The third-order valence-electron chi connectivity index (χ3n) is 4.91. The molecular weight excluding hydrogens is 368 g/mol. The van der Waals surface area contributed by atoms with Crippen molar-refractivity contribution in [3.05, 3.63) is 39.4 Å². The van der Waals surface area contributed by atoms with E-state index in [4.69, 9.17) is 0 Å². The smallest absolute Gasteiger partial charge is 0.270 e. The lowest BCUT2D eigenvalue weighted by Gasteiger charge is -2.35. The molecule has 0 saturated carbocycles. The summed E-state index contributed by atoms with van der Waals surface area (Å²) in [6, 6.07) is 3.44. The Morgan fingerprint density at radius 2 is 1.57 bits per heavy atom. The normalized spacial score (nSPS) is 16.4. The van der Waals surface area contributed by atoms with Gasteiger partial charge >= 0.3 is 0 Å². The zero-order valence-corrected chi connectivity index (χ0v) is 15.4. The standard InChI is InChI=1S/C18H20N4O6/c1-2-3-15(23)19-6-8-20(9-7-19)16(24)11-21-17(25)13-5-4-12(22(27)28)10-14(13)18(21)26/h4-5,10H,2-3,6-9,11H2,1H3. The van der Waals surface area contributed by atoms with Crippen molar-refractivity contribution < 1.29 is 24.1 Å². The summed E-state index contributed by atoms with van der Waals surface area (Å²) in [6.07, 6.45) is 1.23. The van der Waals surface area contributed by atoms with Crippen LogP contribution in [-0.4, -0.2) is 76.0 Å². The molecule has 0 N–H and O–H groups in total. The van der Waals surface area contributed by atoms with Crippen molar-refractivity contribution >= 4 is 29.3 Å². The van der Waals surface area contributed by atoms with Crippen LogP contribution >= 0.6 is 0 Å². The first kappa shape index (κ1) is 19.5. The van der Waals surface area contributed by atoms with Gasteiger partial charge in [-0.05, 0) is 12.5 Å². The summed E-state index contributed by atoms with van der Waals surface area (Å²) in [6.45, 7) is 3.00. The highest BCUT2D eigenvalue weighted by molar-refractivity contribution is 6.22. The fraction of sp³-hybridized carbons (Fsp3) is 0.444. The van der Waals surface area contributed by atoms with Crippen LogP contribution in [0.4, 0.5) is 5.69 Å². The fourth-order valence-electron chi connectivity index (χ4n) is 3.35. The number of nitro groups is 1. The van der Waals surface area contributed by atoms with Gasteiger partial charge in [-0.2, -0.15) is 0 Å². The number of hydrogen-bond donors (Lipinski definition) is 0. The molecule has 2 heterocycles. The van der Waals surface area contributed by atoms with E-state index in [9.17, 15) is 29.3 Å². The molecule has 10 nitrogen and oxygen atoms in total. The SMILES string of the molecule is CCCC(=O)N1CCN(C(=O)CN2C(=O)c3ccc([N+](=O)[O-])cc3C2=O)CC1. The van der Waals surface area contributed by atoms with Crippen LogP contribution in [0.1, 0.15) is 40.5 Å². The molecule has 10 heteroatoms. The highest BCUT2D eigenvalue weighted by atomic mass is 16.6. The molecule has 1 aromatic rings. The van der Waals surface area contributed by atoms with Crippen molar-refractivity contribution in [2.24, 2.45) is 0 Å². The third kappa shape index (κ3) is 3.57. The zero-order valence-electron chi connectivity index (χ0n) is 15.4. The van der Waals surface area contributed by atoms with Gasteiger partial charge in [0.15, 0.2) is 0 Å². The Bertz CT molecular complexity index is 860. The molecule has 3 rings (SSSR count). The van der Waals surface area contributed by atoms with E-state index < -0.39 is 29.2 Å². The van der Waals surface area contributed by atoms with Gasteiger partial charge < -0.3 is 9.80 Å². The average Bonchev–Trinajstić information content (AvgIpc) is 2.92. The van der Waals surface area contributed by atoms with Gasteiger partial charge in [-0.25, -0.2) is 0 Å². The van der Waals surface area contributed by atoms with Crippen molar-refractivity contribution in [3.63, 3.8) is 0 Å². The lowest BCUT2D eigenvalue weighted by atomic mass is 10.1. The minimum atomic E-state index is -0.714. The van der Waals surface area contributed by atoms with Crippen molar-refractivity contribution in [2.45, 2.75) is 19.8 Å². The summed E-state index contributed by atoms with van der Waals surface area (Å²) in [5, 5.41) is 10.9. The predicted molar refractivity (Wildman–Crippen MR) is 96.5 cm³/mol. The van der Waals surface area contributed by atoms with Crippen LogP contribution in [0.15, 0.2) is 18.2 Å². The number of carbonyl (C=O) groups is 4. The van der Waals surface area contributed by atoms with E-state index in [-0.39, 0.29) is 22.7 Å². The summed E-state index contributed by atoms with van der Waals surface area (Å²) < 4.78 is 0. The van der Waals surface area contributed by atoms with Gasteiger partial charge in [-0.3, -0.25) is 34.2 Å². The van der Waals surface area contributed by atoms with E-state index in [1.807, 2.05) is 6.92 Å². The highest BCUT2D eigenvalue weighted by Crippen LogP contribution is 2.26. The van der Waals surface area contributed by atoms with E-state index >= 15 is 0 Å². The van der Waals surface area contributed by atoms with Gasteiger partial charge in [0.2, 0.25) is 11.8 Å². The largest absolute Gasteiger partial charge is 0.339 e. The Kier molecular flexibility index (Phi) is 5.39. The molecule has 0 unspecified atom stereocenters. The number of fused-ring (bicyclic) bond motifs is 1. The Hall–Kier alpha value is -3.30. The Balaban J connectivity index is 1.64. The lowest BCUT2D eigenvalue weighted by Crippen LogP contribution is -2.53. The van der Waals surface area contributed by atoms with Gasteiger partial charge in [0.25, 0.3) is 17.5 Å². The van der Waals surface area contributed by atoms with Crippen molar-refractivity contribution in [2.75, 3.05) is 32.7 Å². The molecule has 28 heavy (non-hydrogen) atoms. The molecule has 4 amide bonds. The second kappa shape index (κ2) is 7.75. The number of hydrogen-bond acceptors (Lipinski definition) is 6. The maximum Gasteiger partial charge on any atom is 0.270 e. The molecule has 0 aromatic heterocycles. The predicted octanol–water partition coefficient (Wildman–Crippen LogP) is 0.662. The summed E-state index contributed by atoms with van der Waals surface area (Å²) in [5.74, 6) is -1.70. The molecule has 1 fully saturated rings. The first-order valence-corrected chi connectivity index (χ1v) is 9.03. The van der Waals surface area contributed by atoms with Crippen molar-refractivity contribution in [1.29, 1.82) is 0 Å². The van der Waals surface area contributed by atoms with Gasteiger partial charge in [-0.15, -0.1) is 0 Å². The Morgan fingerprint density at radius 1 is 1.00 bits per heavy atom. The second-order valence-electron chi connectivity index (χ2n) is 6.70. The van der Waals surface area contributed by atoms with Crippen molar-refractivity contribution in [1.82, 2.24) is 14.7 Å². The quantitative estimate of drug-likeness (QED) is 0.415. The number of imide groups is 1. The number of rotatable bonds is 5. The van der Waals surface area contributed by atoms with Gasteiger partial charge in [0, 0.05) is 44.7 Å². The second-order valence-corrected chi connectivity index (χ2v) is 6.70. The molecule has 0 spiro atoms. The maximum atomic E-state index is 12.5. The molecular formula is C18H20N4O6. The van der Waals surface area contributed by atoms with E-state index in [0.29, 0.717) is 32.6 Å². The van der Waals surface area contributed by atoms with Crippen LogP contribution in [0.25, 0.3) is 0 Å². The van der Waals surface area contributed by atoms with Crippen LogP contribution in [0, 0.1) is 10.1 Å². The number of piperazine rings is 1. The summed E-state index contributed by atoms with van der Waals surface area (Å²) in [5.41, 5.74) is -0.304. The molecule has 1 aromatic carbocycles. The zero-order chi connectivity index (χ0) is 20.4. The molecule has 1 saturated heterocycles. The monoisotopic (exact) mass is 388 g/mol. The number of nitrogens with zero attached hydrogens (tertiary/aromatic N) is 4. The Labute approximate surface area is 160 Å². The van der Waals surface area contributed by atoms with Crippen molar-refractivity contribution in [3.8, 4) is 0 Å². The van der Waals surface area contributed by atoms with Crippen LogP contribution in [0.2, 0.25) is 0 Å². The summed E-state index contributed by atoms with van der Waals surface area (Å²) >= 11 is 0. The number of non-ortho nitro benzene ring substituents is 1. The molecule has 0 atom stereocenters. The average molecular weight is 388 g/mol. The molecule has 0 aliphatic carbocycles. The minimum absolute atomic E-state index is 0.0524. The van der Waals surface area contributed by atoms with Crippen LogP contribution in [0.5, 0.6) is 0 Å². The maximum absolute atomic E-state index is 12.5. The van der Waals surface area contributed by atoms with Gasteiger partial charge in [-0.1, -0.05) is 6.92 Å². The Morgan fingerprint density at radius 3 is 2.14 bits per heavy atom. The molecule has 0 bridgehead atoms. The first-order valence-electron chi connectivity index (χ1n) is 9.03. The number of benzene rings is 1. The van der Waals surface area contributed by atoms with Crippen LogP contribution < -0.4 is 0 Å². The van der Waals surface area contributed by atoms with Crippen LogP contribution in [-0.2, 0) is 9.59 Å². The number of carbonyl (C=O) groups excluding carboxylic acids is 4. The lowest BCUT2D eigenvalue weighted by molar-refractivity contribution is -0.384. The highest BCUT2D eigenvalue weighted by Gasteiger charge is 2.38. The molecule has 2 aliphatic rings. The van der Waals surface area contributed by atoms with E-state index in [2.05, 4.69) is 0 Å². The fourth-order valence-corrected chi connectivity index (χ4v) is 3.35. The topological polar surface area (TPSA) is 121 Å². The van der Waals surface area contributed by atoms with E-state index in [1.54, 1.807) is 4.90 Å². The number of nitro benzene ring substituents is 1. The molecule has 148 valence electrons.